The predicted octanol–water partition coefficient (Wildman–Crippen LogP) is 2.40. The third-order valence-corrected chi connectivity index (χ3v) is 2.63. The molecule has 1 rings (SSSR count). The summed E-state index contributed by atoms with van der Waals surface area (Å²) in [6, 6.07) is 4.75. The monoisotopic (exact) mass is 241 g/mol. The maximum absolute atomic E-state index is 12.1. The topological polar surface area (TPSA) is 40.5 Å². The van der Waals surface area contributed by atoms with E-state index in [-0.39, 0.29) is 11.7 Å². The molecule has 0 saturated carbocycles. The number of rotatable bonds is 4. The molecule has 16 heavy (non-hydrogen) atoms. The summed E-state index contributed by atoms with van der Waals surface area (Å²) in [5.74, 6) is 0.562. The average molecular weight is 242 g/mol. The number of hydrogen-bond acceptors (Lipinski definition) is 2. The third-order valence-electron chi connectivity index (χ3n) is 2.46. The van der Waals surface area contributed by atoms with Crippen molar-refractivity contribution >= 4 is 17.5 Å². The van der Waals surface area contributed by atoms with Gasteiger partial charge in [0, 0.05) is 24.5 Å². The molecule has 0 spiro atoms. The lowest BCUT2D eigenvalue weighted by Crippen LogP contribution is -2.32. The number of amides is 1. The van der Waals surface area contributed by atoms with Crippen molar-refractivity contribution in [1.82, 2.24) is 4.90 Å². The molecule has 0 unspecified atom stereocenters. The highest BCUT2D eigenvalue weighted by atomic mass is 35.5. The third kappa shape index (κ3) is 2.89. The minimum atomic E-state index is -0.0411. The van der Waals surface area contributed by atoms with Gasteiger partial charge in [0.15, 0.2) is 0 Å². The number of carbonyl (C=O) groups excluding carboxylic acids is 1. The molecule has 0 aromatic heterocycles. The Morgan fingerprint density at radius 2 is 2.19 bits per heavy atom. The van der Waals surface area contributed by atoms with Crippen LogP contribution in [-0.2, 0) is 0 Å². The zero-order valence-corrected chi connectivity index (χ0v) is 10.3. The van der Waals surface area contributed by atoms with Crippen molar-refractivity contribution in [2.75, 3.05) is 19.0 Å². The van der Waals surface area contributed by atoms with Crippen LogP contribution < -0.4 is 0 Å². The lowest BCUT2D eigenvalue weighted by Gasteiger charge is -2.20. The Hall–Kier alpha value is -1.22. The van der Waals surface area contributed by atoms with Gasteiger partial charge in [-0.1, -0.05) is 0 Å². The van der Waals surface area contributed by atoms with Gasteiger partial charge >= 0.3 is 0 Å². The molecule has 4 heteroatoms. The summed E-state index contributed by atoms with van der Waals surface area (Å²) < 4.78 is 0. The van der Waals surface area contributed by atoms with Gasteiger partial charge in [-0.15, -0.1) is 11.6 Å². The molecule has 3 nitrogen and oxygen atoms in total. The molecule has 0 heterocycles. The maximum atomic E-state index is 12.1. The Kier molecular flexibility index (Phi) is 4.62. The summed E-state index contributed by atoms with van der Waals surface area (Å²) >= 11 is 5.64. The fourth-order valence-electron chi connectivity index (χ4n) is 1.56. The van der Waals surface area contributed by atoms with Gasteiger partial charge < -0.3 is 10.0 Å². The first-order valence-corrected chi connectivity index (χ1v) is 5.78. The normalized spacial score (nSPS) is 10.2. The van der Waals surface area contributed by atoms with E-state index < -0.39 is 0 Å². The summed E-state index contributed by atoms with van der Waals surface area (Å²) in [5.41, 5.74) is 1.39. The van der Waals surface area contributed by atoms with Crippen LogP contribution in [0.3, 0.4) is 0 Å². The first kappa shape index (κ1) is 12.8. The number of halogens is 1. The van der Waals surface area contributed by atoms with Gasteiger partial charge in [-0.2, -0.15) is 0 Å². The van der Waals surface area contributed by atoms with E-state index in [2.05, 4.69) is 0 Å². The van der Waals surface area contributed by atoms with Crippen LogP contribution in [0.25, 0.3) is 0 Å². The standard InChI is InChI=1S/C12H16ClNO2/c1-3-14(7-6-13)12(16)11-5-4-10(15)8-9(11)2/h4-5,8,15H,3,6-7H2,1-2H3. The van der Waals surface area contributed by atoms with Crippen LogP contribution in [0.15, 0.2) is 18.2 Å². The molecule has 1 aromatic rings. The second-order valence-electron chi connectivity index (χ2n) is 3.57. The van der Waals surface area contributed by atoms with E-state index in [0.717, 1.165) is 5.56 Å². The Balaban J connectivity index is 2.94. The molecular weight excluding hydrogens is 226 g/mol. The lowest BCUT2D eigenvalue weighted by atomic mass is 10.1. The average Bonchev–Trinajstić information content (AvgIpc) is 2.25. The molecule has 1 amide bonds. The molecule has 0 aliphatic carbocycles. The molecule has 0 aliphatic rings. The summed E-state index contributed by atoms with van der Waals surface area (Å²) in [4.78, 5) is 13.8. The van der Waals surface area contributed by atoms with Crippen molar-refractivity contribution in [3.05, 3.63) is 29.3 Å². The van der Waals surface area contributed by atoms with Gasteiger partial charge in [0.2, 0.25) is 0 Å². The molecule has 0 aliphatic heterocycles. The second-order valence-corrected chi connectivity index (χ2v) is 3.95. The number of carbonyl (C=O) groups is 1. The van der Waals surface area contributed by atoms with Crippen LogP contribution in [0.5, 0.6) is 5.75 Å². The Bertz CT molecular complexity index is 379. The van der Waals surface area contributed by atoms with Crippen LogP contribution in [0.2, 0.25) is 0 Å². The number of aryl methyl sites for hydroxylation is 1. The second kappa shape index (κ2) is 5.75. The highest BCUT2D eigenvalue weighted by Crippen LogP contribution is 2.17. The smallest absolute Gasteiger partial charge is 0.254 e. The number of nitrogens with zero attached hydrogens (tertiary/aromatic N) is 1. The molecule has 88 valence electrons. The van der Waals surface area contributed by atoms with E-state index in [1.807, 2.05) is 13.8 Å². The van der Waals surface area contributed by atoms with Gasteiger partial charge in [0.25, 0.3) is 5.91 Å². The first-order chi connectivity index (χ1) is 7.60. The molecule has 1 aromatic carbocycles. The summed E-state index contributed by atoms with van der Waals surface area (Å²) in [6.45, 7) is 4.89. The van der Waals surface area contributed by atoms with Crippen molar-refractivity contribution in [2.24, 2.45) is 0 Å². The molecule has 0 saturated heterocycles. The predicted molar refractivity (Wildman–Crippen MR) is 65.1 cm³/mol. The van der Waals surface area contributed by atoms with Gasteiger partial charge in [-0.3, -0.25) is 4.79 Å². The molecular formula is C12H16ClNO2. The van der Waals surface area contributed by atoms with E-state index in [0.29, 0.717) is 24.5 Å². The summed E-state index contributed by atoms with van der Waals surface area (Å²) in [5, 5.41) is 9.27. The molecule has 0 radical (unpaired) electrons. The zero-order valence-electron chi connectivity index (χ0n) is 9.53. The summed E-state index contributed by atoms with van der Waals surface area (Å²) in [6.07, 6.45) is 0. The Morgan fingerprint density at radius 1 is 1.50 bits per heavy atom. The van der Waals surface area contributed by atoms with E-state index in [1.165, 1.54) is 6.07 Å². The van der Waals surface area contributed by atoms with E-state index >= 15 is 0 Å². The Morgan fingerprint density at radius 3 is 2.69 bits per heavy atom. The van der Waals surface area contributed by atoms with Gasteiger partial charge in [-0.25, -0.2) is 0 Å². The van der Waals surface area contributed by atoms with Crippen LogP contribution >= 0.6 is 11.6 Å². The number of phenols is 1. The van der Waals surface area contributed by atoms with Crippen LogP contribution in [0.4, 0.5) is 0 Å². The molecule has 1 N–H and O–H groups in total. The van der Waals surface area contributed by atoms with Crippen molar-refractivity contribution in [1.29, 1.82) is 0 Å². The fraction of sp³-hybridized carbons (Fsp3) is 0.417. The van der Waals surface area contributed by atoms with Crippen molar-refractivity contribution in [2.45, 2.75) is 13.8 Å². The Labute approximate surface area is 101 Å². The van der Waals surface area contributed by atoms with Crippen LogP contribution in [-0.4, -0.2) is 34.9 Å². The quantitative estimate of drug-likeness (QED) is 0.823. The number of phenolic OH excluding ortho intramolecular Hbond substituents is 1. The fourth-order valence-corrected chi connectivity index (χ4v) is 1.77. The van der Waals surface area contributed by atoms with E-state index in [9.17, 15) is 9.90 Å². The van der Waals surface area contributed by atoms with E-state index in [1.54, 1.807) is 17.0 Å². The van der Waals surface area contributed by atoms with Crippen molar-refractivity contribution in [3.63, 3.8) is 0 Å². The summed E-state index contributed by atoms with van der Waals surface area (Å²) in [7, 11) is 0. The number of alkyl halides is 1. The highest BCUT2D eigenvalue weighted by Gasteiger charge is 2.15. The molecule has 0 atom stereocenters. The lowest BCUT2D eigenvalue weighted by molar-refractivity contribution is 0.0773. The maximum Gasteiger partial charge on any atom is 0.254 e. The molecule has 0 fully saturated rings. The van der Waals surface area contributed by atoms with Crippen molar-refractivity contribution in [3.8, 4) is 5.75 Å². The first-order valence-electron chi connectivity index (χ1n) is 5.25. The van der Waals surface area contributed by atoms with E-state index in [4.69, 9.17) is 11.6 Å². The largest absolute Gasteiger partial charge is 0.508 e. The van der Waals surface area contributed by atoms with Gasteiger partial charge in [-0.05, 0) is 37.6 Å². The zero-order chi connectivity index (χ0) is 12.1. The number of aromatic hydroxyl groups is 1. The van der Waals surface area contributed by atoms with Crippen molar-refractivity contribution < 1.29 is 9.90 Å². The number of benzene rings is 1. The highest BCUT2D eigenvalue weighted by molar-refractivity contribution is 6.18. The van der Waals surface area contributed by atoms with Crippen LogP contribution in [0, 0.1) is 6.92 Å². The number of hydrogen-bond donors (Lipinski definition) is 1. The van der Waals surface area contributed by atoms with Gasteiger partial charge in [0.05, 0.1) is 0 Å². The van der Waals surface area contributed by atoms with Crippen LogP contribution in [0.1, 0.15) is 22.8 Å². The molecule has 0 bridgehead atoms. The minimum absolute atomic E-state index is 0.0411. The minimum Gasteiger partial charge on any atom is -0.508 e. The SMILES string of the molecule is CCN(CCCl)C(=O)c1ccc(O)cc1C. The van der Waals surface area contributed by atoms with Gasteiger partial charge in [0.1, 0.15) is 5.75 Å².